The summed E-state index contributed by atoms with van der Waals surface area (Å²) < 4.78 is 5.77. The Morgan fingerprint density at radius 3 is 2.62 bits per heavy atom. The maximum absolute atomic E-state index is 12.7. The first-order valence-electron chi connectivity index (χ1n) is 9.20. The summed E-state index contributed by atoms with van der Waals surface area (Å²) in [5.41, 5.74) is -0.703. The number of thioether (sulfide) groups is 1. The molecule has 0 radical (unpaired) electrons. The Labute approximate surface area is 164 Å². The molecule has 2 aliphatic rings. The Morgan fingerprint density at radius 2 is 2.04 bits per heavy atom. The summed E-state index contributed by atoms with van der Waals surface area (Å²) in [6.07, 6.45) is -0.236. The molecular weight excluding hydrogens is 380 g/mol. The number of carbonyl (C=O) groups is 1. The third-order valence-electron chi connectivity index (χ3n) is 5.40. The molecule has 0 aromatic heterocycles. The second-order valence-electron chi connectivity index (χ2n) is 7.19. The van der Waals surface area contributed by atoms with Crippen molar-refractivity contribution in [3.8, 4) is 0 Å². The highest BCUT2D eigenvalue weighted by Crippen LogP contribution is 2.30. The molecule has 0 aliphatic carbocycles. The average molecular weight is 411 g/mol. The zero-order chi connectivity index (χ0) is 19.4. The highest BCUT2D eigenvalue weighted by molar-refractivity contribution is 7.99. The van der Waals surface area contributed by atoms with Gasteiger partial charge in [0.05, 0.1) is 17.5 Å². The number of halogens is 1. The fourth-order valence-corrected chi connectivity index (χ4v) is 4.54. The van der Waals surface area contributed by atoms with Gasteiger partial charge in [-0.2, -0.15) is 0 Å². The van der Waals surface area contributed by atoms with E-state index in [0.717, 1.165) is 25.8 Å². The van der Waals surface area contributed by atoms with E-state index >= 15 is 0 Å². The number of hydrogen-bond acceptors (Lipinski definition) is 7. The van der Waals surface area contributed by atoms with E-state index in [0.29, 0.717) is 5.92 Å². The number of ether oxygens (including phenoxy) is 1. The lowest BCUT2D eigenvalue weighted by Gasteiger charge is -2.44. The summed E-state index contributed by atoms with van der Waals surface area (Å²) in [5, 5.41) is 36.1. The first-order chi connectivity index (χ1) is 12.3. The van der Waals surface area contributed by atoms with Gasteiger partial charge in [-0.05, 0) is 38.5 Å². The fourth-order valence-electron chi connectivity index (χ4n) is 3.66. The van der Waals surface area contributed by atoms with Crippen LogP contribution in [0.4, 0.5) is 0 Å². The third-order valence-corrected chi connectivity index (χ3v) is 6.53. The fraction of sp³-hybridized carbons (Fsp3) is 0.941. The molecule has 0 spiro atoms. The van der Waals surface area contributed by atoms with Gasteiger partial charge in [-0.25, -0.2) is 0 Å². The van der Waals surface area contributed by atoms with Gasteiger partial charge in [-0.3, -0.25) is 4.79 Å². The van der Waals surface area contributed by atoms with Crippen LogP contribution in [0.1, 0.15) is 33.1 Å². The summed E-state index contributed by atoms with van der Waals surface area (Å²) in [6, 6.07) is -1.00. The number of carbonyl (C=O) groups excluding carboxylic acids is 1. The highest BCUT2D eigenvalue weighted by atomic mass is 35.5. The van der Waals surface area contributed by atoms with Crippen LogP contribution in [0.25, 0.3) is 0 Å². The smallest absolute Gasteiger partial charge is 0.237 e. The van der Waals surface area contributed by atoms with E-state index in [1.54, 1.807) is 13.2 Å². The van der Waals surface area contributed by atoms with Crippen LogP contribution in [0, 0.1) is 5.92 Å². The number of alkyl halides is 1. The van der Waals surface area contributed by atoms with Crippen LogP contribution in [0.2, 0.25) is 0 Å². The number of hydrogen-bond donors (Lipinski definition) is 5. The largest absolute Gasteiger partial charge is 0.388 e. The second-order valence-corrected chi connectivity index (χ2v) is 8.82. The van der Waals surface area contributed by atoms with Crippen LogP contribution in [-0.2, 0) is 9.53 Å². The minimum Gasteiger partial charge on any atom is -0.388 e. The predicted octanol–water partition coefficient (Wildman–Crippen LogP) is 0.0473. The van der Waals surface area contributed by atoms with Gasteiger partial charge >= 0.3 is 0 Å². The van der Waals surface area contributed by atoms with Crippen molar-refractivity contribution in [2.24, 2.45) is 5.92 Å². The number of aliphatic hydroxyl groups is 3. The average Bonchev–Trinajstić information content (AvgIpc) is 2.64. The van der Waals surface area contributed by atoms with Gasteiger partial charge in [0.2, 0.25) is 5.91 Å². The van der Waals surface area contributed by atoms with Crippen LogP contribution in [0.3, 0.4) is 0 Å². The molecule has 9 heteroatoms. The van der Waals surface area contributed by atoms with Crippen molar-refractivity contribution >= 4 is 29.3 Å². The normalized spacial score (nSPS) is 40.7. The van der Waals surface area contributed by atoms with Crippen LogP contribution >= 0.6 is 23.4 Å². The van der Waals surface area contributed by atoms with Gasteiger partial charge in [-0.15, -0.1) is 23.4 Å². The molecule has 0 aromatic rings. The topological polar surface area (TPSA) is 111 Å². The molecule has 2 aliphatic heterocycles. The van der Waals surface area contributed by atoms with Crippen molar-refractivity contribution in [3.63, 3.8) is 0 Å². The van der Waals surface area contributed by atoms with E-state index in [9.17, 15) is 20.1 Å². The van der Waals surface area contributed by atoms with Gasteiger partial charge in [0.1, 0.15) is 29.9 Å². The Morgan fingerprint density at radius 1 is 1.35 bits per heavy atom. The lowest BCUT2D eigenvalue weighted by Crippen LogP contribution is -2.65. The molecule has 152 valence electrons. The van der Waals surface area contributed by atoms with Crippen LogP contribution in [0.5, 0.6) is 0 Å². The summed E-state index contributed by atoms with van der Waals surface area (Å²) in [5.74, 6) is 0.325. The van der Waals surface area contributed by atoms with Gasteiger partial charge in [0.15, 0.2) is 0 Å². The molecule has 0 saturated carbocycles. The van der Waals surface area contributed by atoms with Crippen molar-refractivity contribution in [3.05, 3.63) is 0 Å². The van der Waals surface area contributed by atoms with Crippen LogP contribution < -0.4 is 10.6 Å². The first kappa shape index (κ1) is 22.2. The molecular formula is C17H31ClN2O5S. The third kappa shape index (κ3) is 5.04. The quantitative estimate of drug-likeness (QED) is 0.393. The molecule has 1 amide bonds. The number of amides is 1. The van der Waals surface area contributed by atoms with E-state index in [4.69, 9.17) is 16.3 Å². The van der Waals surface area contributed by atoms with E-state index < -0.39 is 41.3 Å². The van der Waals surface area contributed by atoms with Crippen molar-refractivity contribution in [1.82, 2.24) is 10.6 Å². The molecule has 2 heterocycles. The van der Waals surface area contributed by atoms with Gasteiger partial charge < -0.3 is 30.7 Å². The molecule has 2 saturated heterocycles. The predicted molar refractivity (Wildman–Crippen MR) is 102 cm³/mol. The zero-order valence-corrected chi connectivity index (χ0v) is 17.0. The molecule has 26 heavy (non-hydrogen) atoms. The Bertz CT molecular complexity index is 470. The van der Waals surface area contributed by atoms with E-state index in [2.05, 4.69) is 17.6 Å². The molecule has 5 N–H and O–H groups in total. The Kier molecular flexibility index (Phi) is 8.46. The standard InChI is InChI=1S/C17H31ClN2O5S/c1-4-9-5-6-19-10(7-9)16(24)20-11(8(2)18)15-13(22)12(21)14(23)17(25-15)26-3/h8-15,17,19,21-23H,4-7H2,1-3H3,(H,20,24)/t8-,9+,10-,11+,12?,13+,14?,15+,17+/m0/s1. The minimum atomic E-state index is -1.36. The maximum Gasteiger partial charge on any atom is 0.237 e. The number of piperidine rings is 1. The SMILES string of the molecule is CC[C@@H]1CCN[C@H](C(=O)N[C@@H]([C@H]2O[C@H](SC)C(O)C(O)[C@H]2O)[C@H](C)Cl)C1. The Hall–Kier alpha value is -0.0900. The van der Waals surface area contributed by atoms with E-state index in [1.165, 1.54) is 11.8 Å². The monoisotopic (exact) mass is 410 g/mol. The van der Waals surface area contributed by atoms with E-state index in [1.807, 2.05) is 0 Å². The van der Waals surface area contributed by atoms with Crippen molar-refractivity contribution in [2.75, 3.05) is 12.8 Å². The van der Waals surface area contributed by atoms with Gasteiger partial charge in [0.25, 0.3) is 0 Å². The molecule has 0 aromatic carbocycles. The van der Waals surface area contributed by atoms with Crippen LogP contribution in [0.15, 0.2) is 0 Å². The molecule has 2 fully saturated rings. The summed E-state index contributed by atoms with van der Waals surface area (Å²) in [6.45, 7) is 4.62. The maximum atomic E-state index is 12.7. The summed E-state index contributed by atoms with van der Waals surface area (Å²) >= 11 is 7.51. The first-order valence-corrected chi connectivity index (χ1v) is 10.9. The van der Waals surface area contributed by atoms with E-state index in [-0.39, 0.29) is 11.9 Å². The number of nitrogens with one attached hydrogen (secondary N) is 2. The lowest BCUT2D eigenvalue weighted by molar-refractivity contribution is -0.205. The molecule has 2 unspecified atom stereocenters. The summed E-state index contributed by atoms with van der Waals surface area (Å²) in [4.78, 5) is 12.7. The van der Waals surface area contributed by atoms with Gasteiger partial charge in [0, 0.05) is 0 Å². The molecule has 7 nitrogen and oxygen atoms in total. The lowest BCUT2D eigenvalue weighted by atomic mass is 9.89. The van der Waals surface area contributed by atoms with Crippen molar-refractivity contribution < 1.29 is 24.9 Å². The number of rotatable bonds is 6. The van der Waals surface area contributed by atoms with Gasteiger partial charge in [-0.1, -0.05) is 13.3 Å². The van der Waals surface area contributed by atoms with Crippen LogP contribution in [-0.4, -0.2) is 81.3 Å². The highest BCUT2D eigenvalue weighted by Gasteiger charge is 2.48. The van der Waals surface area contributed by atoms with Crippen molar-refractivity contribution in [2.45, 2.75) is 80.4 Å². The zero-order valence-electron chi connectivity index (χ0n) is 15.5. The minimum absolute atomic E-state index is 0.183. The second kappa shape index (κ2) is 9.91. The summed E-state index contributed by atoms with van der Waals surface area (Å²) in [7, 11) is 0. The number of aliphatic hydroxyl groups excluding tert-OH is 3. The Balaban J connectivity index is 2.09. The van der Waals surface area contributed by atoms with Crippen molar-refractivity contribution in [1.29, 1.82) is 0 Å². The molecule has 9 atom stereocenters. The molecule has 0 bridgehead atoms. The molecule has 2 rings (SSSR count).